The first-order valence-corrected chi connectivity index (χ1v) is 12.3. The molecule has 4 aromatic rings. The van der Waals surface area contributed by atoms with Crippen molar-refractivity contribution in [3.63, 3.8) is 0 Å². The van der Waals surface area contributed by atoms with Crippen molar-refractivity contribution in [2.45, 2.75) is 16.7 Å². The van der Waals surface area contributed by atoms with Crippen LogP contribution in [0.4, 0.5) is 0 Å². The van der Waals surface area contributed by atoms with Gasteiger partial charge < -0.3 is 9.73 Å². The van der Waals surface area contributed by atoms with Gasteiger partial charge in [0.05, 0.1) is 10.9 Å². The second-order valence-corrected chi connectivity index (χ2v) is 10.1. The Morgan fingerprint density at radius 3 is 2.39 bits per heavy atom. The van der Waals surface area contributed by atoms with E-state index in [1.165, 1.54) is 35.6 Å². The minimum atomic E-state index is -3.57. The first kappa shape index (κ1) is 21.4. The van der Waals surface area contributed by atoms with E-state index in [9.17, 15) is 13.2 Å². The van der Waals surface area contributed by atoms with Gasteiger partial charge in [-0.15, -0.1) is 0 Å². The minimum absolute atomic E-state index is 0.0486. The van der Waals surface area contributed by atoms with Crippen molar-refractivity contribution in [2.24, 2.45) is 0 Å². The second-order valence-electron chi connectivity index (χ2n) is 6.85. The Labute approximate surface area is 189 Å². The number of sulfone groups is 1. The topological polar surface area (TPSA) is 76.4 Å². The molecule has 2 heterocycles. The highest BCUT2D eigenvalue weighted by Gasteiger charge is 2.22. The normalized spacial score (nSPS) is 12.4. The average molecular weight is 472 g/mol. The summed E-state index contributed by atoms with van der Waals surface area (Å²) in [5, 5.41) is 7.46. The summed E-state index contributed by atoms with van der Waals surface area (Å²) in [5.74, 6) is -0.510. The van der Waals surface area contributed by atoms with Gasteiger partial charge in [0.2, 0.25) is 0 Å². The second kappa shape index (κ2) is 9.09. The number of hydrogen-bond acceptors (Lipinski definition) is 5. The molecule has 0 saturated carbocycles. The number of furan rings is 1. The number of amides is 1. The molecule has 0 bridgehead atoms. The minimum Gasteiger partial charge on any atom is -0.455 e. The van der Waals surface area contributed by atoms with Crippen molar-refractivity contribution in [2.75, 3.05) is 0 Å². The van der Waals surface area contributed by atoms with Gasteiger partial charge in [-0.05, 0) is 64.4 Å². The number of thiophene rings is 1. The van der Waals surface area contributed by atoms with Crippen LogP contribution in [-0.2, 0) is 15.6 Å². The van der Waals surface area contributed by atoms with E-state index in [1.54, 1.807) is 30.3 Å². The summed E-state index contributed by atoms with van der Waals surface area (Å²) in [6.07, 6.45) is 0. The van der Waals surface area contributed by atoms with E-state index in [0.717, 1.165) is 11.1 Å². The molecule has 1 amide bonds. The Balaban J connectivity index is 1.53. The van der Waals surface area contributed by atoms with Crippen molar-refractivity contribution in [1.82, 2.24) is 5.32 Å². The van der Waals surface area contributed by atoms with Gasteiger partial charge in [0.25, 0.3) is 5.91 Å². The summed E-state index contributed by atoms with van der Waals surface area (Å²) < 4.78 is 30.7. The summed E-state index contributed by atoms with van der Waals surface area (Å²) in [4.78, 5) is 13.1. The number of hydrogen-bond donors (Lipinski definition) is 1. The number of rotatable bonds is 7. The maximum Gasteiger partial charge on any atom is 0.287 e. The molecule has 1 N–H and O–H groups in total. The molecule has 1 unspecified atom stereocenters. The van der Waals surface area contributed by atoms with Crippen LogP contribution in [0.15, 0.2) is 92.9 Å². The summed E-state index contributed by atoms with van der Waals surface area (Å²) in [5.41, 5.74) is 1.80. The fraction of sp³-hybridized carbons (Fsp3) is 0.0870. The highest BCUT2D eigenvalue weighted by atomic mass is 35.5. The maximum absolute atomic E-state index is 12.9. The molecule has 0 saturated heterocycles. The van der Waals surface area contributed by atoms with Crippen LogP contribution in [-0.4, -0.2) is 14.3 Å². The average Bonchev–Trinajstić information content (AvgIpc) is 3.45. The van der Waals surface area contributed by atoms with E-state index in [4.69, 9.17) is 16.0 Å². The molecule has 0 fully saturated rings. The van der Waals surface area contributed by atoms with Crippen LogP contribution < -0.4 is 5.32 Å². The maximum atomic E-state index is 12.9. The number of carbonyl (C=O) groups excluding carboxylic acids is 1. The molecule has 8 heteroatoms. The molecule has 31 heavy (non-hydrogen) atoms. The molecule has 0 aliphatic heterocycles. The molecule has 158 valence electrons. The first-order chi connectivity index (χ1) is 14.9. The molecule has 2 aromatic carbocycles. The van der Waals surface area contributed by atoms with Crippen molar-refractivity contribution >= 4 is 38.7 Å². The van der Waals surface area contributed by atoms with Crippen molar-refractivity contribution in [3.8, 4) is 0 Å². The highest BCUT2D eigenvalue weighted by molar-refractivity contribution is 7.90. The van der Waals surface area contributed by atoms with Crippen molar-refractivity contribution in [3.05, 3.63) is 111 Å². The molecule has 0 radical (unpaired) electrons. The molecule has 0 aliphatic carbocycles. The Kier molecular flexibility index (Phi) is 6.27. The number of nitrogens with one attached hydrogen (secondary N) is 1. The zero-order chi connectivity index (χ0) is 21.8. The van der Waals surface area contributed by atoms with Gasteiger partial charge in [-0.25, -0.2) is 8.42 Å². The van der Waals surface area contributed by atoms with E-state index in [0.29, 0.717) is 5.02 Å². The van der Waals surface area contributed by atoms with Crippen molar-refractivity contribution in [1.29, 1.82) is 0 Å². The molecule has 2 aromatic heterocycles. The molecule has 1 atom stereocenters. The summed E-state index contributed by atoms with van der Waals surface area (Å²) in [7, 11) is -3.57. The van der Waals surface area contributed by atoms with Crippen LogP contribution in [0, 0.1) is 0 Å². The lowest BCUT2D eigenvalue weighted by Gasteiger charge is -2.18. The number of carbonyl (C=O) groups is 1. The Bertz CT molecular complexity index is 1260. The lowest BCUT2D eigenvalue weighted by molar-refractivity contribution is 0.0913. The van der Waals surface area contributed by atoms with Gasteiger partial charge in [-0.1, -0.05) is 41.9 Å². The van der Waals surface area contributed by atoms with Crippen molar-refractivity contribution < 1.29 is 17.6 Å². The SMILES string of the molecule is O=C(NC(c1ccc(Cl)cc1)c1ccsc1)c1ccc(CS(=O)(=O)c2ccccc2)o1. The fourth-order valence-electron chi connectivity index (χ4n) is 3.13. The smallest absolute Gasteiger partial charge is 0.287 e. The Morgan fingerprint density at radius 2 is 1.71 bits per heavy atom. The lowest BCUT2D eigenvalue weighted by Crippen LogP contribution is -2.28. The summed E-state index contributed by atoms with van der Waals surface area (Å²) in [6, 6.07) is 19.9. The van der Waals surface area contributed by atoms with Crippen LogP contribution in [0.2, 0.25) is 5.02 Å². The van der Waals surface area contributed by atoms with E-state index in [1.807, 2.05) is 29.0 Å². The number of benzene rings is 2. The Morgan fingerprint density at radius 1 is 0.968 bits per heavy atom. The third kappa shape index (κ3) is 5.07. The largest absolute Gasteiger partial charge is 0.455 e. The monoisotopic (exact) mass is 471 g/mol. The number of halogens is 1. The van der Waals surface area contributed by atoms with Gasteiger partial charge in [0.15, 0.2) is 15.6 Å². The first-order valence-electron chi connectivity index (χ1n) is 9.37. The van der Waals surface area contributed by atoms with Crippen LogP contribution in [0.25, 0.3) is 0 Å². The third-order valence-electron chi connectivity index (χ3n) is 4.68. The molecular formula is C23H18ClNO4S2. The van der Waals surface area contributed by atoms with E-state index in [-0.39, 0.29) is 22.2 Å². The van der Waals surface area contributed by atoms with E-state index < -0.39 is 21.8 Å². The lowest BCUT2D eigenvalue weighted by atomic mass is 10.0. The fourth-order valence-corrected chi connectivity index (χ4v) is 5.21. The summed E-state index contributed by atoms with van der Waals surface area (Å²) in [6.45, 7) is 0. The molecule has 4 rings (SSSR count). The highest BCUT2D eigenvalue weighted by Crippen LogP contribution is 2.26. The van der Waals surface area contributed by atoms with Gasteiger partial charge in [-0.3, -0.25) is 4.79 Å². The zero-order valence-corrected chi connectivity index (χ0v) is 18.6. The Hall–Kier alpha value is -2.87. The molecule has 0 aliphatic rings. The third-order valence-corrected chi connectivity index (χ3v) is 7.28. The standard InChI is InChI=1S/C23H18ClNO4S2/c24-18-8-6-16(7-9-18)22(17-12-13-30-14-17)25-23(26)21-11-10-19(29-21)15-31(27,28)20-4-2-1-3-5-20/h1-14,22H,15H2,(H,25,26). The quantitative estimate of drug-likeness (QED) is 0.386. The molecule has 0 spiro atoms. The molecule has 5 nitrogen and oxygen atoms in total. The summed E-state index contributed by atoms with van der Waals surface area (Å²) >= 11 is 7.52. The van der Waals surface area contributed by atoms with Crippen LogP contribution in [0.1, 0.15) is 33.5 Å². The predicted molar refractivity (Wildman–Crippen MR) is 121 cm³/mol. The zero-order valence-electron chi connectivity index (χ0n) is 16.2. The van der Waals surface area contributed by atoms with Gasteiger partial charge in [0, 0.05) is 5.02 Å². The molecular weight excluding hydrogens is 454 g/mol. The van der Waals surface area contributed by atoms with E-state index >= 15 is 0 Å². The van der Waals surface area contributed by atoms with Gasteiger partial charge in [0.1, 0.15) is 11.5 Å². The van der Waals surface area contributed by atoms with Crippen LogP contribution in [0.3, 0.4) is 0 Å². The predicted octanol–water partition coefficient (Wildman–Crippen LogP) is 5.49. The van der Waals surface area contributed by atoms with Crippen LogP contribution in [0.5, 0.6) is 0 Å². The van der Waals surface area contributed by atoms with E-state index in [2.05, 4.69) is 5.32 Å². The van der Waals surface area contributed by atoms with Gasteiger partial charge >= 0.3 is 0 Å². The van der Waals surface area contributed by atoms with Gasteiger partial charge in [-0.2, -0.15) is 11.3 Å². The van der Waals surface area contributed by atoms with Crippen LogP contribution >= 0.6 is 22.9 Å².